The average Bonchev–Trinajstić information content (AvgIpc) is 2.93. The van der Waals surface area contributed by atoms with Gasteiger partial charge in [-0.2, -0.15) is 9.78 Å². The molecule has 0 atom stereocenters. The van der Waals surface area contributed by atoms with Crippen LogP contribution in [-0.4, -0.2) is 20.8 Å². The summed E-state index contributed by atoms with van der Waals surface area (Å²) in [6.45, 7) is 0.228. The van der Waals surface area contributed by atoms with Crippen LogP contribution in [0.1, 0.15) is 55.0 Å². The quantitative estimate of drug-likeness (QED) is 0.109. The topological polar surface area (TPSA) is 99.6 Å². The molecule has 8 nitrogen and oxygen atoms in total. The smallest absolute Gasteiger partial charge is 0.282 e. The summed E-state index contributed by atoms with van der Waals surface area (Å²) in [4.78, 5) is 29.6. The lowest BCUT2D eigenvalue weighted by atomic mass is 9.88. The van der Waals surface area contributed by atoms with Crippen LogP contribution in [0.2, 0.25) is 0 Å². The van der Waals surface area contributed by atoms with Gasteiger partial charge in [-0.1, -0.05) is 73.1 Å². The zero-order valence-corrected chi connectivity index (χ0v) is 25.4. The molecule has 200 valence electrons. The molecule has 0 saturated heterocycles. The Morgan fingerprint density at radius 3 is 2.51 bits per heavy atom. The van der Waals surface area contributed by atoms with Crippen molar-refractivity contribution in [2.45, 2.75) is 44.6 Å². The van der Waals surface area contributed by atoms with Crippen molar-refractivity contribution in [1.82, 2.24) is 9.66 Å². The SMILES string of the molecule is O=c1c2cc(Br)ccc2nc(C2CCCCC2)n1N=Cc1cc([N+](=O)[O-])ccc1OCc1ccc(Br)cc1Br. The first-order chi connectivity index (χ1) is 18.8. The number of nitro benzene ring substituents is 1. The van der Waals surface area contributed by atoms with Gasteiger partial charge in [0, 0.05) is 42.6 Å². The Kier molecular flexibility index (Phi) is 8.58. The van der Waals surface area contributed by atoms with Crippen LogP contribution in [0.3, 0.4) is 0 Å². The summed E-state index contributed by atoms with van der Waals surface area (Å²) in [5, 5.41) is 16.5. The van der Waals surface area contributed by atoms with E-state index in [0.717, 1.165) is 51.1 Å². The summed E-state index contributed by atoms with van der Waals surface area (Å²) in [6, 6.07) is 15.5. The predicted octanol–water partition coefficient (Wildman–Crippen LogP) is 8.10. The van der Waals surface area contributed by atoms with Crippen LogP contribution >= 0.6 is 47.8 Å². The van der Waals surface area contributed by atoms with E-state index in [-0.39, 0.29) is 23.8 Å². The minimum atomic E-state index is -0.471. The summed E-state index contributed by atoms with van der Waals surface area (Å²) in [5.74, 6) is 1.12. The second-order valence-electron chi connectivity index (χ2n) is 9.33. The van der Waals surface area contributed by atoms with Gasteiger partial charge < -0.3 is 4.74 Å². The molecule has 4 aromatic rings. The van der Waals surface area contributed by atoms with Gasteiger partial charge in [-0.05, 0) is 49.2 Å². The van der Waals surface area contributed by atoms with Crippen LogP contribution in [-0.2, 0) is 6.61 Å². The predicted molar refractivity (Wildman–Crippen MR) is 162 cm³/mol. The standard InChI is InChI=1S/C28H23Br3N4O4/c29-20-8-10-25-23(13-20)28(36)34(27(33-25)17-4-2-1-3-5-17)32-15-19-12-22(35(37)38)9-11-26(19)39-16-18-6-7-21(30)14-24(18)31/h6-15,17H,1-5,16H2. The van der Waals surface area contributed by atoms with Crippen molar-refractivity contribution in [3.8, 4) is 5.75 Å². The number of benzene rings is 3. The Bertz CT molecular complexity index is 1650. The fourth-order valence-electron chi connectivity index (χ4n) is 4.70. The van der Waals surface area contributed by atoms with E-state index in [1.54, 1.807) is 12.1 Å². The molecule has 3 aromatic carbocycles. The minimum absolute atomic E-state index is 0.103. The van der Waals surface area contributed by atoms with E-state index in [1.807, 2.05) is 30.3 Å². The highest BCUT2D eigenvalue weighted by Crippen LogP contribution is 2.32. The molecule has 39 heavy (non-hydrogen) atoms. The van der Waals surface area contributed by atoms with Gasteiger partial charge in [0.15, 0.2) is 0 Å². The Hall–Kier alpha value is -2.89. The van der Waals surface area contributed by atoms with Crippen LogP contribution in [0.5, 0.6) is 5.75 Å². The number of rotatable bonds is 7. The van der Waals surface area contributed by atoms with Gasteiger partial charge in [0.2, 0.25) is 0 Å². The summed E-state index contributed by atoms with van der Waals surface area (Å²) >= 11 is 10.4. The molecular formula is C28H23Br3N4O4. The first-order valence-corrected chi connectivity index (χ1v) is 14.8. The first-order valence-electron chi connectivity index (χ1n) is 12.4. The average molecular weight is 719 g/mol. The van der Waals surface area contributed by atoms with E-state index >= 15 is 0 Å². The van der Waals surface area contributed by atoms with Gasteiger partial charge in [0.1, 0.15) is 18.2 Å². The second-order valence-corrected chi connectivity index (χ2v) is 12.0. The number of hydrogen-bond donors (Lipinski definition) is 0. The maximum absolute atomic E-state index is 13.6. The van der Waals surface area contributed by atoms with E-state index in [4.69, 9.17) is 9.72 Å². The van der Waals surface area contributed by atoms with Crippen LogP contribution < -0.4 is 10.3 Å². The second kappa shape index (κ2) is 12.1. The molecule has 0 spiro atoms. The molecule has 0 unspecified atom stereocenters. The number of aromatic nitrogens is 2. The zero-order chi connectivity index (χ0) is 27.5. The number of fused-ring (bicyclic) bond motifs is 1. The Balaban J connectivity index is 1.57. The van der Waals surface area contributed by atoms with Crippen LogP contribution in [0, 0.1) is 10.1 Å². The van der Waals surface area contributed by atoms with Crippen LogP contribution in [0.4, 0.5) is 5.69 Å². The maximum atomic E-state index is 13.6. The number of non-ortho nitro benzene ring substituents is 1. The molecule has 1 heterocycles. The Labute approximate surface area is 249 Å². The van der Waals surface area contributed by atoms with E-state index in [1.165, 1.54) is 23.0 Å². The van der Waals surface area contributed by atoms with E-state index in [9.17, 15) is 14.9 Å². The van der Waals surface area contributed by atoms with Gasteiger partial charge in [0.05, 0.1) is 22.0 Å². The molecule has 1 saturated carbocycles. The molecule has 0 aliphatic heterocycles. The molecule has 1 aromatic heterocycles. The molecule has 1 fully saturated rings. The van der Waals surface area contributed by atoms with Crippen molar-refractivity contribution in [1.29, 1.82) is 0 Å². The van der Waals surface area contributed by atoms with Gasteiger partial charge in [-0.15, -0.1) is 0 Å². The van der Waals surface area contributed by atoms with Gasteiger partial charge in [0.25, 0.3) is 11.2 Å². The summed E-state index contributed by atoms with van der Waals surface area (Å²) in [6.07, 6.45) is 6.59. The van der Waals surface area contributed by atoms with Crippen LogP contribution in [0.25, 0.3) is 10.9 Å². The third-order valence-electron chi connectivity index (χ3n) is 6.72. The minimum Gasteiger partial charge on any atom is -0.488 e. The third-order valence-corrected chi connectivity index (χ3v) is 8.44. The summed E-state index contributed by atoms with van der Waals surface area (Å²) in [7, 11) is 0. The van der Waals surface area contributed by atoms with Crippen molar-refractivity contribution in [3.05, 3.63) is 105 Å². The number of nitro groups is 1. The monoisotopic (exact) mass is 716 g/mol. The summed E-state index contributed by atoms with van der Waals surface area (Å²) < 4.78 is 9.97. The number of ether oxygens (including phenoxy) is 1. The normalized spacial score (nSPS) is 14.2. The molecule has 11 heteroatoms. The number of halogens is 3. The zero-order valence-electron chi connectivity index (χ0n) is 20.6. The van der Waals surface area contributed by atoms with Crippen molar-refractivity contribution in [2.75, 3.05) is 0 Å². The fourth-order valence-corrected chi connectivity index (χ4v) is 6.22. The fraction of sp³-hybridized carbons (Fsp3) is 0.250. The lowest BCUT2D eigenvalue weighted by molar-refractivity contribution is -0.384. The molecule has 0 amide bonds. The Morgan fingerprint density at radius 2 is 1.77 bits per heavy atom. The molecular weight excluding hydrogens is 696 g/mol. The van der Waals surface area contributed by atoms with Crippen molar-refractivity contribution >= 4 is 70.6 Å². The molecule has 0 bridgehead atoms. The lowest BCUT2D eigenvalue weighted by Crippen LogP contribution is -2.25. The van der Waals surface area contributed by atoms with Gasteiger partial charge in [-0.25, -0.2) is 4.98 Å². The highest BCUT2D eigenvalue weighted by Gasteiger charge is 2.23. The van der Waals surface area contributed by atoms with E-state index in [2.05, 4.69) is 52.9 Å². The lowest BCUT2D eigenvalue weighted by Gasteiger charge is -2.22. The van der Waals surface area contributed by atoms with Crippen molar-refractivity contribution in [2.24, 2.45) is 5.10 Å². The molecule has 0 radical (unpaired) electrons. The summed E-state index contributed by atoms with van der Waals surface area (Å²) in [5.41, 5.74) is 1.52. The molecule has 1 aliphatic carbocycles. The van der Waals surface area contributed by atoms with Crippen LogP contribution in [0.15, 0.2) is 77.9 Å². The number of nitrogens with zero attached hydrogens (tertiary/aromatic N) is 4. The Morgan fingerprint density at radius 1 is 1.03 bits per heavy atom. The van der Waals surface area contributed by atoms with Crippen molar-refractivity contribution < 1.29 is 9.66 Å². The molecule has 5 rings (SSSR count). The van der Waals surface area contributed by atoms with E-state index in [0.29, 0.717) is 28.0 Å². The van der Waals surface area contributed by atoms with Gasteiger partial charge in [-0.3, -0.25) is 14.9 Å². The van der Waals surface area contributed by atoms with Crippen molar-refractivity contribution in [3.63, 3.8) is 0 Å². The third kappa shape index (κ3) is 6.31. The number of hydrogen-bond acceptors (Lipinski definition) is 6. The maximum Gasteiger partial charge on any atom is 0.282 e. The van der Waals surface area contributed by atoms with E-state index < -0.39 is 4.92 Å². The molecule has 1 aliphatic rings. The highest BCUT2D eigenvalue weighted by atomic mass is 79.9. The first kappa shape index (κ1) is 27.7. The van der Waals surface area contributed by atoms with Gasteiger partial charge >= 0.3 is 0 Å². The molecule has 0 N–H and O–H groups in total. The largest absolute Gasteiger partial charge is 0.488 e. The highest BCUT2D eigenvalue weighted by molar-refractivity contribution is 9.11.